The summed E-state index contributed by atoms with van der Waals surface area (Å²) in [6.45, 7) is 3.89. The van der Waals surface area contributed by atoms with Crippen LogP contribution in [0.1, 0.15) is 29.9 Å². The van der Waals surface area contributed by atoms with E-state index in [1.54, 1.807) is 17.4 Å². The molecule has 0 saturated carbocycles. The third-order valence-corrected chi connectivity index (χ3v) is 3.06. The maximum absolute atomic E-state index is 8.84. The molecule has 1 N–H and O–H groups in total. The molecule has 2 aromatic heterocycles. The Morgan fingerprint density at radius 1 is 1.47 bits per heavy atom. The minimum atomic E-state index is 0.134. The molecule has 0 fully saturated rings. The van der Waals surface area contributed by atoms with Gasteiger partial charge in [-0.05, 0) is 42.3 Å². The van der Waals surface area contributed by atoms with Crippen molar-refractivity contribution in [3.8, 4) is 6.07 Å². The number of nitriles is 1. The Morgan fingerprint density at radius 3 is 2.94 bits per heavy atom. The Kier molecular flexibility index (Phi) is 3.35. The van der Waals surface area contributed by atoms with Gasteiger partial charge in [0.25, 0.3) is 0 Å². The topological polar surface area (TPSA) is 61.6 Å². The Balaban J connectivity index is 2.19. The van der Waals surface area contributed by atoms with Gasteiger partial charge in [0.1, 0.15) is 11.8 Å². The third kappa shape index (κ3) is 2.80. The summed E-state index contributed by atoms with van der Waals surface area (Å²) in [6, 6.07) is 5.89. The van der Waals surface area contributed by atoms with Crippen molar-refractivity contribution in [2.75, 3.05) is 5.32 Å². The van der Waals surface area contributed by atoms with E-state index >= 15 is 0 Å². The summed E-state index contributed by atoms with van der Waals surface area (Å²) in [5, 5.41) is 16.1. The van der Waals surface area contributed by atoms with Gasteiger partial charge in [-0.15, -0.1) is 0 Å². The highest BCUT2D eigenvalue weighted by atomic mass is 32.1. The van der Waals surface area contributed by atoms with Crippen LogP contribution in [0.2, 0.25) is 0 Å². The molecule has 0 bridgehead atoms. The molecule has 0 aromatic carbocycles. The fourth-order valence-electron chi connectivity index (χ4n) is 1.49. The lowest BCUT2D eigenvalue weighted by atomic mass is 10.2. The Hall–Kier alpha value is -1.93. The predicted octanol–water partition coefficient (Wildman–Crippen LogP) is 2.89. The maximum atomic E-state index is 8.84. The van der Waals surface area contributed by atoms with Gasteiger partial charge in [0.15, 0.2) is 0 Å². The van der Waals surface area contributed by atoms with E-state index in [9.17, 15) is 0 Å². The zero-order valence-corrected chi connectivity index (χ0v) is 10.5. The summed E-state index contributed by atoms with van der Waals surface area (Å²) in [7, 11) is 0. The van der Waals surface area contributed by atoms with Crippen LogP contribution in [-0.4, -0.2) is 9.97 Å². The largest absolute Gasteiger partial charge is 0.348 e. The molecule has 1 unspecified atom stereocenters. The second-order valence-electron chi connectivity index (χ2n) is 3.75. The van der Waals surface area contributed by atoms with Gasteiger partial charge in [-0.25, -0.2) is 9.97 Å². The molecule has 17 heavy (non-hydrogen) atoms. The average molecular weight is 244 g/mol. The third-order valence-electron chi connectivity index (χ3n) is 2.36. The van der Waals surface area contributed by atoms with Crippen LogP contribution in [0, 0.1) is 18.3 Å². The van der Waals surface area contributed by atoms with Crippen molar-refractivity contribution in [3.63, 3.8) is 0 Å². The van der Waals surface area contributed by atoms with E-state index in [1.807, 2.05) is 25.3 Å². The maximum Gasteiger partial charge on any atom is 0.224 e. The number of nitrogens with zero attached hydrogens (tertiary/aromatic N) is 3. The first-order chi connectivity index (χ1) is 8.19. The molecular weight excluding hydrogens is 232 g/mol. The minimum Gasteiger partial charge on any atom is -0.348 e. The number of aryl methyl sites for hydroxylation is 1. The van der Waals surface area contributed by atoms with E-state index < -0.39 is 0 Å². The van der Waals surface area contributed by atoms with E-state index in [-0.39, 0.29) is 6.04 Å². The molecule has 0 saturated heterocycles. The number of aromatic nitrogens is 2. The lowest BCUT2D eigenvalue weighted by Crippen LogP contribution is -2.09. The van der Waals surface area contributed by atoms with Crippen LogP contribution in [0.15, 0.2) is 22.9 Å². The number of hydrogen-bond acceptors (Lipinski definition) is 5. The molecule has 86 valence electrons. The van der Waals surface area contributed by atoms with Crippen molar-refractivity contribution in [1.29, 1.82) is 5.26 Å². The molecule has 2 aromatic rings. The lowest BCUT2D eigenvalue weighted by molar-refractivity contribution is 0.860. The van der Waals surface area contributed by atoms with Crippen LogP contribution >= 0.6 is 11.3 Å². The van der Waals surface area contributed by atoms with Crippen molar-refractivity contribution in [2.45, 2.75) is 19.9 Å². The summed E-state index contributed by atoms with van der Waals surface area (Å²) in [4.78, 5) is 8.38. The molecule has 0 aliphatic rings. The van der Waals surface area contributed by atoms with Gasteiger partial charge < -0.3 is 5.32 Å². The van der Waals surface area contributed by atoms with Crippen molar-refractivity contribution in [2.24, 2.45) is 0 Å². The molecular formula is C12H12N4S. The lowest BCUT2D eigenvalue weighted by Gasteiger charge is -2.12. The average Bonchev–Trinajstić information content (AvgIpc) is 2.81. The number of nitrogens with one attached hydrogen (secondary N) is 1. The summed E-state index contributed by atoms with van der Waals surface area (Å²) in [5.74, 6) is 0.500. The standard InChI is InChI=1S/C12H12N4S/c1-8-5-11(6-13)16-12(14-8)15-9(2)10-3-4-17-7-10/h3-5,7,9H,1-2H3,(H,14,15,16). The SMILES string of the molecule is Cc1cc(C#N)nc(NC(C)c2ccsc2)n1. The fraction of sp³-hybridized carbons (Fsp3) is 0.250. The highest BCUT2D eigenvalue weighted by Crippen LogP contribution is 2.19. The van der Waals surface area contributed by atoms with Gasteiger partial charge >= 0.3 is 0 Å². The summed E-state index contributed by atoms with van der Waals surface area (Å²) >= 11 is 1.66. The number of hydrogen-bond donors (Lipinski definition) is 1. The monoisotopic (exact) mass is 244 g/mol. The smallest absolute Gasteiger partial charge is 0.224 e. The molecule has 0 spiro atoms. The molecule has 2 rings (SSSR count). The molecule has 0 aliphatic heterocycles. The summed E-state index contributed by atoms with van der Waals surface area (Å²) < 4.78 is 0. The van der Waals surface area contributed by atoms with Crippen molar-refractivity contribution >= 4 is 17.3 Å². The summed E-state index contributed by atoms with van der Waals surface area (Å²) in [6.07, 6.45) is 0. The van der Waals surface area contributed by atoms with Crippen LogP contribution in [0.25, 0.3) is 0 Å². The zero-order chi connectivity index (χ0) is 12.3. The zero-order valence-electron chi connectivity index (χ0n) is 9.64. The van der Waals surface area contributed by atoms with Gasteiger partial charge in [-0.1, -0.05) is 0 Å². The van der Waals surface area contributed by atoms with Crippen LogP contribution in [0.3, 0.4) is 0 Å². The molecule has 4 nitrogen and oxygen atoms in total. The van der Waals surface area contributed by atoms with E-state index in [0.29, 0.717) is 11.6 Å². The van der Waals surface area contributed by atoms with Crippen molar-refractivity contribution < 1.29 is 0 Å². The van der Waals surface area contributed by atoms with Crippen molar-refractivity contribution in [3.05, 3.63) is 39.8 Å². The first-order valence-electron chi connectivity index (χ1n) is 5.23. The number of anilines is 1. The van der Waals surface area contributed by atoms with Gasteiger partial charge in [-0.2, -0.15) is 16.6 Å². The first-order valence-corrected chi connectivity index (χ1v) is 6.17. The highest BCUT2D eigenvalue weighted by Gasteiger charge is 2.08. The molecule has 0 amide bonds. The fourth-order valence-corrected chi connectivity index (χ4v) is 2.24. The number of thiophene rings is 1. The van der Waals surface area contributed by atoms with Gasteiger partial charge in [0, 0.05) is 5.69 Å². The first kappa shape index (κ1) is 11.6. The van der Waals surface area contributed by atoms with Crippen molar-refractivity contribution in [1.82, 2.24) is 9.97 Å². The minimum absolute atomic E-state index is 0.134. The molecule has 0 radical (unpaired) electrons. The Morgan fingerprint density at radius 2 is 2.29 bits per heavy atom. The van der Waals surface area contributed by atoms with E-state index in [4.69, 9.17) is 5.26 Å². The Labute approximate surface area is 104 Å². The summed E-state index contributed by atoms with van der Waals surface area (Å²) in [5.41, 5.74) is 2.37. The van der Waals surface area contributed by atoms with E-state index in [2.05, 4.69) is 26.7 Å². The van der Waals surface area contributed by atoms with Crippen LogP contribution in [-0.2, 0) is 0 Å². The second kappa shape index (κ2) is 4.93. The molecule has 2 heterocycles. The normalized spacial score (nSPS) is 11.8. The second-order valence-corrected chi connectivity index (χ2v) is 4.53. The van der Waals surface area contributed by atoms with Crippen LogP contribution in [0.4, 0.5) is 5.95 Å². The van der Waals surface area contributed by atoms with Crippen LogP contribution in [0.5, 0.6) is 0 Å². The quantitative estimate of drug-likeness (QED) is 0.901. The van der Waals surface area contributed by atoms with Gasteiger partial charge in [-0.3, -0.25) is 0 Å². The highest BCUT2D eigenvalue weighted by molar-refractivity contribution is 7.07. The van der Waals surface area contributed by atoms with E-state index in [1.165, 1.54) is 5.56 Å². The van der Waals surface area contributed by atoms with Gasteiger partial charge in [0.05, 0.1) is 6.04 Å². The Bertz CT molecular complexity index is 542. The number of rotatable bonds is 3. The molecule has 1 atom stereocenters. The molecule has 0 aliphatic carbocycles. The van der Waals surface area contributed by atoms with E-state index in [0.717, 1.165) is 5.69 Å². The van der Waals surface area contributed by atoms with Crippen LogP contribution < -0.4 is 5.32 Å². The predicted molar refractivity (Wildman–Crippen MR) is 67.8 cm³/mol. The van der Waals surface area contributed by atoms with Gasteiger partial charge in [0.2, 0.25) is 5.95 Å². The molecule has 5 heteroatoms.